The summed E-state index contributed by atoms with van der Waals surface area (Å²) in [5.74, 6) is 0. The van der Waals surface area contributed by atoms with Crippen LogP contribution in [0.15, 0.2) is 12.4 Å². The van der Waals surface area contributed by atoms with Crippen molar-refractivity contribution in [3.05, 3.63) is 12.4 Å². The van der Waals surface area contributed by atoms with Gasteiger partial charge in [0.05, 0.1) is 11.9 Å². The van der Waals surface area contributed by atoms with Crippen LogP contribution in [0.3, 0.4) is 0 Å². The number of rotatable bonds is 3. The maximum Gasteiger partial charge on any atom is 0.0755 e. The van der Waals surface area contributed by atoms with Gasteiger partial charge in [-0.25, -0.2) is 0 Å². The Hall–Kier alpha value is -1.03. The minimum absolute atomic E-state index is 0.604. The minimum Gasteiger partial charge on any atom is -0.363 e. The monoisotopic (exact) mass is 222 g/mol. The highest BCUT2D eigenvalue weighted by Crippen LogP contribution is 2.21. The van der Waals surface area contributed by atoms with Crippen molar-refractivity contribution in [1.82, 2.24) is 15.1 Å². The highest BCUT2D eigenvalue weighted by Gasteiger charge is 2.26. The van der Waals surface area contributed by atoms with E-state index in [1.54, 1.807) is 0 Å². The molecule has 2 rings (SSSR count). The van der Waals surface area contributed by atoms with Gasteiger partial charge in [-0.2, -0.15) is 5.10 Å². The lowest BCUT2D eigenvalue weighted by Gasteiger charge is -2.40. The average Bonchev–Trinajstić information content (AvgIpc) is 2.75. The van der Waals surface area contributed by atoms with Crippen LogP contribution in [0.4, 0.5) is 5.69 Å². The number of aryl methyl sites for hydroxylation is 1. The fourth-order valence-corrected chi connectivity index (χ4v) is 2.37. The van der Waals surface area contributed by atoms with E-state index in [0.717, 1.165) is 13.1 Å². The molecule has 1 fully saturated rings. The molecule has 2 atom stereocenters. The lowest BCUT2D eigenvalue weighted by atomic mass is 10.0. The molecule has 1 aliphatic heterocycles. The Kier molecular flexibility index (Phi) is 3.49. The zero-order chi connectivity index (χ0) is 11.5. The van der Waals surface area contributed by atoms with Crippen LogP contribution in [0.25, 0.3) is 0 Å². The molecule has 1 aliphatic rings. The Balaban J connectivity index is 2.14. The third-order valence-electron chi connectivity index (χ3n) is 3.49. The molecule has 0 aliphatic carbocycles. The minimum atomic E-state index is 0.604. The van der Waals surface area contributed by atoms with Gasteiger partial charge in [0.2, 0.25) is 0 Å². The van der Waals surface area contributed by atoms with Crippen LogP contribution in [-0.2, 0) is 7.05 Å². The molecule has 1 N–H and O–H groups in total. The molecule has 2 heterocycles. The molecule has 0 radical (unpaired) electrons. The summed E-state index contributed by atoms with van der Waals surface area (Å²) in [5.41, 5.74) is 1.26. The van der Waals surface area contributed by atoms with Gasteiger partial charge in [-0.05, 0) is 12.8 Å². The Morgan fingerprint density at radius 3 is 2.81 bits per heavy atom. The molecule has 0 aromatic carbocycles. The highest BCUT2D eigenvalue weighted by molar-refractivity contribution is 5.44. The SMILES string of the molecule is CCC1CN(c2cnn(C)c2)C(CC)CN1. The van der Waals surface area contributed by atoms with E-state index in [-0.39, 0.29) is 0 Å². The molecular weight excluding hydrogens is 200 g/mol. The van der Waals surface area contributed by atoms with Gasteiger partial charge in [0.15, 0.2) is 0 Å². The van der Waals surface area contributed by atoms with Gasteiger partial charge >= 0.3 is 0 Å². The topological polar surface area (TPSA) is 33.1 Å². The van der Waals surface area contributed by atoms with E-state index in [1.165, 1.54) is 18.5 Å². The van der Waals surface area contributed by atoms with Gasteiger partial charge in [-0.3, -0.25) is 4.68 Å². The quantitative estimate of drug-likeness (QED) is 0.839. The third-order valence-corrected chi connectivity index (χ3v) is 3.49. The van der Waals surface area contributed by atoms with Crippen molar-refractivity contribution in [2.45, 2.75) is 38.8 Å². The van der Waals surface area contributed by atoms with Crippen LogP contribution < -0.4 is 10.2 Å². The summed E-state index contributed by atoms with van der Waals surface area (Å²) in [6.45, 7) is 6.68. The summed E-state index contributed by atoms with van der Waals surface area (Å²) >= 11 is 0. The van der Waals surface area contributed by atoms with Crippen molar-refractivity contribution in [2.75, 3.05) is 18.0 Å². The van der Waals surface area contributed by atoms with Gasteiger partial charge < -0.3 is 10.2 Å². The van der Waals surface area contributed by atoms with Crippen LogP contribution in [-0.4, -0.2) is 35.0 Å². The zero-order valence-corrected chi connectivity index (χ0v) is 10.5. The maximum atomic E-state index is 4.27. The Bertz CT molecular complexity index is 334. The maximum absolute atomic E-state index is 4.27. The average molecular weight is 222 g/mol. The van der Waals surface area contributed by atoms with E-state index >= 15 is 0 Å². The largest absolute Gasteiger partial charge is 0.363 e. The highest BCUT2D eigenvalue weighted by atomic mass is 15.3. The summed E-state index contributed by atoms with van der Waals surface area (Å²) < 4.78 is 1.88. The number of hydrogen-bond acceptors (Lipinski definition) is 3. The molecule has 1 aromatic rings. The molecule has 1 saturated heterocycles. The molecule has 16 heavy (non-hydrogen) atoms. The van der Waals surface area contributed by atoms with Crippen LogP contribution in [0.5, 0.6) is 0 Å². The Morgan fingerprint density at radius 1 is 1.44 bits per heavy atom. The van der Waals surface area contributed by atoms with Crippen LogP contribution in [0.1, 0.15) is 26.7 Å². The predicted octanol–water partition coefficient (Wildman–Crippen LogP) is 1.39. The summed E-state index contributed by atoms with van der Waals surface area (Å²) in [6.07, 6.45) is 6.45. The van der Waals surface area contributed by atoms with E-state index in [0.29, 0.717) is 12.1 Å². The number of hydrogen-bond donors (Lipinski definition) is 1. The van der Waals surface area contributed by atoms with Gasteiger partial charge in [-0.15, -0.1) is 0 Å². The van der Waals surface area contributed by atoms with E-state index in [1.807, 2.05) is 17.9 Å². The Morgan fingerprint density at radius 2 is 2.25 bits per heavy atom. The molecule has 4 nitrogen and oxygen atoms in total. The summed E-state index contributed by atoms with van der Waals surface area (Å²) in [4.78, 5) is 2.50. The fourth-order valence-electron chi connectivity index (χ4n) is 2.37. The van der Waals surface area contributed by atoms with Crippen LogP contribution >= 0.6 is 0 Å². The first-order valence-electron chi connectivity index (χ1n) is 6.23. The molecule has 0 saturated carbocycles. The van der Waals surface area contributed by atoms with Crippen molar-refractivity contribution in [3.63, 3.8) is 0 Å². The smallest absolute Gasteiger partial charge is 0.0755 e. The standard InChI is InChI=1S/C12H22N4/c1-4-10-8-16(11(5-2)6-13-10)12-7-14-15(3)9-12/h7,9-11,13H,4-6,8H2,1-3H3. The second kappa shape index (κ2) is 4.87. The first-order valence-corrected chi connectivity index (χ1v) is 6.23. The van der Waals surface area contributed by atoms with Crippen molar-refractivity contribution < 1.29 is 0 Å². The summed E-state index contributed by atoms with van der Waals surface area (Å²) in [5, 5.41) is 7.87. The molecule has 1 aromatic heterocycles. The van der Waals surface area contributed by atoms with Gasteiger partial charge in [0, 0.05) is 38.4 Å². The van der Waals surface area contributed by atoms with E-state index < -0.39 is 0 Å². The molecule has 4 heteroatoms. The van der Waals surface area contributed by atoms with Gasteiger partial charge in [0.1, 0.15) is 0 Å². The second-order valence-corrected chi connectivity index (χ2v) is 4.60. The lowest BCUT2D eigenvalue weighted by Crippen LogP contribution is -2.56. The molecule has 90 valence electrons. The first kappa shape index (κ1) is 11.5. The molecular formula is C12H22N4. The molecule has 2 unspecified atom stereocenters. The fraction of sp³-hybridized carbons (Fsp3) is 0.750. The number of nitrogens with one attached hydrogen (secondary N) is 1. The zero-order valence-electron chi connectivity index (χ0n) is 10.5. The lowest BCUT2D eigenvalue weighted by molar-refractivity contribution is 0.379. The Labute approximate surface area is 97.6 Å². The second-order valence-electron chi connectivity index (χ2n) is 4.60. The van der Waals surface area contributed by atoms with E-state index in [9.17, 15) is 0 Å². The van der Waals surface area contributed by atoms with Crippen molar-refractivity contribution >= 4 is 5.69 Å². The normalized spacial score (nSPS) is 26.1. The molecule has 0 bridgehead atoms. The summed E-state index contributed by atoms with van der Waals surface area (Å²) in [6, 6.07) is 1.22. The van der Waals surface area contributed by atoms with Crippen LogP contribution in [0.2, 0.25) is 0 Å². The number of piperazine rings is 1. The summed E-state index contributed by atoms with van der Waals surface area (Å²) in [7, 11) is 1.98. The van der Waals surface area contributed by atoms with Gasteiger partial charge in [-0.1, -0.05) is 13.8 Å². The number of anilines is 1. The number of aromatic nitrogens is 2. The van der Waals surface area contributed by atoms with Crippen molar-refractivity contribution in [1.29, 1.82) is 0 Å². The molecule has 0 amide bonds. The molecule has 0 spiro atoms. The van der Waals surface area contributed by atoms with Crippen molar-refractivity contribution in [3.8, 4) is 0 Å². The van der Waals surface area contributed by atoms with Crippen molar-refractivity contribution in [2.24, 2.45) is 7.05 Å². The number of nitrogens with zero attached hydrogens (tertiary/aromatic N) is 3. The first-order chi connectivity index (χ1) is 7.74. The van der Waals surface area contributed by atoms with E-state index in [2.05, 4.69) is 35.4 Å². The van der Waals surface area contributed by atoms with Crippen LogP contribution in [0, 0.1) is 0 Å². The van der Waals surface area contributed by atoms with E-state index in [4.69, 9.17) is 0 Å². The third kappa shape index (κ3) is 2.21. The predicted molar refractivity (Wildman–Crippen MR) is 66.7 cm³/mol. The van der Waals surface area contributed by atoms with Gasteiger partial charge in [0.25, 0.3) is 0 Å².